The topological polar surface area (TPSA) is 62.7 Å². The molecule has 0 radical (unpaired) electrons. The molecule has 2 saturated heterocycles. The number of fused-ring (bicyclic) bond motifs is 1. The minimum atomic E-state index is -0.797. The number of carbonyl (C=O) groups excluding carboxylic acids is 2. The van der Waals surface area contributed by atoms with E-state index < -0.39 is 23.5 Å². The molecule has 0 aliphatic carbocycles. The van der Waals surface area contributed by atoms with Crippen LogP contribution in [0, 0.1) is 24.6 Å². The number of carbonyl (C=O) groups is 2. The van der Waals surface area contributed by atoms with Gasteiger partial charge in [0, 0.05) is 18.1 Å². The highest BCUT2D eigenvalue weighted by Crippen LogP contribution is 2.53. The second-order valence-corrected chi connectivity index (χ2v) is 8.92. The molecule has 6 nitrogen and oxygen atoms in total. The lowest BCUT2D eigenvalue weighted by molar-refractivity contribution is -0.139. The van der Waals surface area contributed by atoms with Crippen molar-refractivity contribution in [3.8, 4) is 0 Å². The Bertz CT molecular complexity index is 1020. The Morgan fingerprint density at radius 2 is 2.17 bits per heavy atom. The van der Waals surface area contributed by atoms with Crippen molar-refractivity contribution in [1.82, 2.24) is 9.88 Å². The lowest BCUT2D eigenvalue weighted by Gasteiger charge is -2.27. The Kier molecular flexibility index (Phi) is 4.11. The van der Waals surface area contributed by atoms with E-state index in [0.717, 1.165) is 10.7 Å². The van der Waals surface area contributed by atoms with Crippen LogP contribution in [0.5, 0.6) is 0 Å². The first-order chi connectivity index (χ1) is 13.9. The number of halogens is 1. The maximum Gasteiger partial charge on any atom is 0.234 e. The molecule has 4 atom stereocenters. The number of thiazole rings is 1. The molecule has 0 unspecified atom stereocenters. The van der Waals surface area contributed by atoms with Crippen LogP contribution in [0.2, 0.25) is 0 Å². The molecule has 1 aromatic heterocycles. The Morgan fingerprint density at radius 1 is 1.41 bits per heavy atom. The standard InChI is InChI=1S/C21H20FN3O3S/c1-12-23-14(10-29-12)9-24(2)19(26)17-16-7-8-21(28-16)11-25(20(27)18(17)21)15-5-3-13(22)4-6-15/h3-8,10,16-18H,9,11H2,1-2H3/t16-,17+,18-,21-/m0/s1. The number of rotatable bonds is 4. The van der Waals surface area contributed by atoms with E-state index in [9.17, 15) is 14.0 Å². The second kappa shape index (κ2) is 6.47. The SMILES string of the molecule is Cc1nc(CN(C)C(=O)[C@@H]2[C@@H]3C=C[C@@]4(CN(c5ccc(F)cc5)C(=O)[C@H]24)O3)cs1. The van der Waals surface area contributed by atoms with Gasteiger partial charge < -0.3 is 14.5 Å². The fourth-order valence-electron chi connectivity index (χ4n) is 4.68. The predicted molar refractivity (Wildman–Crippen MR) is 106 cm³/mol. The van der Waals surface area contributed by atoms with Crippen molar-refractivity contribution in [1.29, 1.82) is 0 Å². The van der Waals surface area contributed by atoms with Crippen LogP contribution in [0.1, 0.15) is 10.7 Å². The molecular weight excluding hydrogens is 393 g/mol. The molecule has 3 aliphatic rings. The van der Waals surface area contributed by atoms with Gasteiger partial charge in [-0.1, -0.05) is 12.2 Å². The Labute approximate surface area is 171 Å². The predicted octanol–water partition coefficient (Wildman–Crippen LogP) is 2.54. The molecule has 29 heavy (non-hydrogen) atoms. The van der Waals surface area contributed by atoms with Gasteiger partial charge in [-0.25, -0.2) is 9.37 Å². The van der Waals surface area contributed by atoms with Crippen LogP contribution in [-0.2, 0) is 20.9 Å². The van der Waals surface area contributed by atoms with Crippen molar-refractivity contribution in [2.75, 3.05) is 18.5 Å². The fraction of sp³-hybridized carbons (Fsp3) is 0.381. The van der Waals surface area contributed by atoms with Gasteiger partial charge in [0.1, 0.15) is 11.4 Å². The molecule has 0 saturated carbocycles. The van der Waals surface area contributed by atoms with Gasteiger partial charge in [-0.2, -0.15) is 0 Å². The van der Waals surface area contributed by atoms with Crippen molar-refractivity contribution >= 4 is 28.8 Å². The van der Waals surface area contributed by atoms with Gasteiger partial charge in [0.2, 0.25) is 11.8 Å². The summed E-state index contributed by atoms with van der Waals surface area (Å²) in [5, 5.41) is 2.89. The number of hydrogen-bond donors (Lipinski definition) is 0. The maximum atomic E-state index is 13.3. The van der Waals surface area contributed by atoms with Gasteiger partial charge in [-0.05, 0) is 31.2 Å². The number of aryl methyl sites for hydroxylation is 1. The number of aromatic nitrogens is 1. The molecule has 1 spiro atoms. The van der Waals surface area contributed by atoms with E-state index in [1.54, 1.807) is 40.3 Å². The number of benzene rings is 1. The van der Waals surface area contributed by atoms with E-state index in [2.05, 4.69) is 4.98 Å². The summed E-state index contributed by atoms with van der Waals surface area (Å²) in [6.07, 6.45) is 3.41. The molecule has 2 fully saturated rings. The quantitative estimate of drug-likeness (QED) is 0.723. The summed E-state index contributed by atoms with van der Waals surface area (Å²) in [6, 6.07) is 5.81. The summed E-state index contributed by atoms with van der Waals surface area (Å²) < 4.78 is 19.5. The second-order valence-electron chi connectivity index (χ2n) is 7.85. The van der Waals surface area contributed by atoms with E-state index in [4.69, 9.17) is 4.74 Å². The summed E-state index contributed by atoms with van der Waals surface area (Å²) in [7, 11) is 1.73. The molecule has 8 heteroatoms. The van der Waals surface area contributed by atoms with Crippen molar-refractivity contribution in [3.63, 3.8) is 0 Å². The summed E-state index contributed by atoms with van der Waals surface area (Å²) in [5.74, 6) is -1.77. The smallest absolute Gasteiger partial charge is 0.234 e. The van der Waals surface area contributed by atoms with Crippen LogP contribution in [0.25, 0.3) is 0 Å². The minimum absolute atomic E-state index is 0.119. The number of ether oxygens (including phenoxy) is 1. The van der Waals surface area contributed by atoms with E-state index in [1.165, 1.54) is 12.1 Å². The number of anilines is 1. The molecule has 3 aliphatic heterocycles. The van der Waals surface area contributed by atoms with Crippen molar-refractivity contribution < 1.29 is 18.7 Å². The van der Waals surface area contributed by atoms with Gasteiger partial charge in [0.15, 0.2) is 0 Å². The highest BCUT2D eigenvalue weighted by molar-refractivity contribution is 7.09. The average molecular weight is 413 g/mol. The highest BCUT2D eigenvalue weighted by atomic mass is 32.1. The van der Waals surface area contributed by atoms with Crippen molar-refractivity contribution in [3.05, 3.63) is 58.3 Å². The van der Waals surface area contributed by atoms with E-state index in [0.29, 0.717) is 18.8 Å². The van der Waals surface area contributed by atoms with Gasteiger partial charge in [-0.15, -0.1) is 11.3 Å². The first kappa shape index (κ1) is 18.4. The van der Waals surface area contributed by atoms with Crippen LogP contribution in [0.3, 0.4) is 0 Å². The van der Waals surface area contributed by atoms with Crippen LogP contribution >= 0.6 is 11.3 Å². The molecule has 1 aromatic carbocycles. The fourth-order valence-corrected chi connectivity index (χ4v) is 5.28. The molecular formula is C21H20FN3O3S. The third-order valence-corrected chi connectivity index (χ3v) is 6.79. The lowest BCUT2D eigenvalue weighted by Crippen LogP contribution is -2.44. The normalized spacial score (nSPS) is 29.6. The third-order valence-electron chi connectivity index (χ3n) is 5.97. The molecule has 2 aromatic rings. The van der Waals surface area contributed by atoms with Gasteiger partial charge in [0.05, 0.1) is 41.7 Å². The van der Waals surface area contributed by atoms with E-state index in [-0.39, 0.29) is 17.6 Å². The third kappa shape index (κ3) is 2.81. The number of hydrogen-bond acceptors (Lipinski definition) is 5. The molecule has 2 bridgehead atoms. The maximum absolute atomic E-state index is 13.3. The molecule has 5 rings (SSSR count). The van der Waals surface area contributed by atoms with E-state index in [1.807, 2.05) is 24.5 Å². The van der Waals surface area contributed by atoms with Crippen molar-refractivity contribution in [2.45, 2.75) is 25.2 Å². The van der Waals surface area contributed by atoms with Gasteiger partial charge in [-0.3, -0.25) is 9.59 Å². The van der Waals surface area contributed by atoms with Crippen LogP contribution in [0.4, 0.5) is 10.1 Å². The largest absolute Gasteiger partial charge is 0.360 e. The molecule has 150 valence electrons. The lowest BCUT2D eigenvalue weighted by atomic mass is 9.76. The minimum Gasteiger partial charge on any atom is -0.360 e. The van der Waals surface area contributed by atoms with Crippen LogP contribution in [0.15, 0.2) is 41.8 Å². The zero-order valence-corrected chi connectivity index (χ0v) is 16.9. The molecule has 0 N–H and O–H groups in total. The van der Waals surface area contributed by atoms with Gasteiger partial charge in [0.25, 0.3) is 0 Å². The number of amides is 2. The first-order valence-corrected chi connectivity index (χ1v) is 10.4. The van der Waals surface area contributed by atoms with Gasteiger partial charge >= 0.3 is 0 Å². The molecule has 2 amide bonds. The van der Waals surface area contributed by atoms with Crippen LogP contribution in [-0.4, -0.2) is 47.0 Å². The Balaban J connectivity index is 1.41. The average Bonchev–Trinajstić information content (AvgIpc) is 3.43. The zero-order chi connectivity index (χ0) is 20.3. The summed E-state index contributed by atoms with van der Waals surface area (Å²) in [6.45, 7) is 2.65. The Morgan fingerprint density at radius 3 is 2.86 bits per heavy atom. The summed E-state index contributed by atoms with van der Waals surface area (Å²) >= 11 is 1.54. The first-order valence-electron chi connectivity index (χ1n) is 9.48. The number of nitrogens with zero attached hydrogens (tertiary/aromatic N) is 3. The van der Waals surface area contributed by atoms with Crippen LogP contribution < -0.4 is 4.90 Å². The van der Waals surface area contributed by atoms with E-state index >= 15 is 0 Å². The Hall–Kier alpha value is -2.58. The van der Waals surface area contributed by atoms with Crippen molar-refractivity contribution in [2.24, 2.45) is 11.8 Å². The summed E-state index contributed by atoms with van der Waals surface area (Å²) in [4.78, 5) is 34.2. The zero-order valence-electron chi connectivity index (χ0n) is 16.0. The highest BCUT2D eigenvalue weighted by Gasteiger charge is 2.67. The monoisotopic (exact) mass is 413 g/mol. The summed E-state index contributed by atoms with van der Waals surface area (Å²) in [5.41, 5.74) is 0.649. The molecule has 4 heterocycles.